The molecule has 20 heavy (non-hydrogen) atoms. The van der Waals surface area contributed by atoms with Gasteiger partial charge >= 0.3 is 5.97 Å². The molecule has 0 aromatic heterocycles. The molecule has 0 bridgehead atoms. The van der Waals surface area contributed by atoms with E-state index in [-0.39, 0.29) is 6.42 Å². The molecule has 1 rings (SSSR count). The van der Waals surface area contributed by atoms with Gasteiger partial charge in [-0.15, -0.1) is 0 Å². The van der Waals surface area contributed by atoms with Crippen molar-refractivity contribution < 1.29 is 24.2 Å². The van der Waals surface area contributed by atoms with Crippen LogP contribution in [0.4, 0.5) is 4.39 Å². The maximum atomic E-state index is 12.8. The van der Waals surface area contributed by atoms with Gasteiger partial charge in [-0.3, -0.25) is 4.79 Å². The Bertz CT molecular complexity index is 476. The van der Waals surface area contributed by atoms with Crippen LogP contribution in [-0.4, -0.2) is 40.3 Å². The van der Waals surface area contributed by atoms with Gasteiger partial charge in [0.25, 0.3) is 0 Å². The molecule has 0 radical (unpaired) electrons. The zero-order valence-corrected chi connectivity index (χ0v) is 10.9. The minimum Gasteiger partial charge on any atom is -0.480 e. The van der Waals surface area contributed by atoms with E-state index in [2.05, 4.69) is 5.32 Å². The van der Waals surface area contributed by atoms with Crippen LogP contribution >= 0.6 is 0 Å². The number of nitrogens with two attached hydrogens (primary N) is 1. The summed E-state index contributed by atoms with van der Waals surface area (Å²) in [6.45, 7) is 1.33. The number of halogens is 1. The van der Waals surface area contributed by atoms with Gasteiger partial charge < -0.3 is 21.3 Å². The Kier molecular flexibility index (Phi) is 5.60. The summed E-state index contributed by atoms with van der Waals surface area (Å²) in [5.74, 6) is -2.42. The number of nitrogens with one attached hydrogen (secondary N) is 1. The van der Waals surface area contributed by atoms with E-state index in [1.807, 2.05) is 0 Å². The number of benzene rings is 1. The highest BCUT2D eigenvalue weighted by atomic mass is 19.1. The van der Waals surface area contributed by atoms with Crippen molar-refractivity contribution in [3.8, 4) is 0 Å². The lowest BCUT2D eigenvalue weighted by atomic mass is 10.0. The third-order valence-corrected chi connectivity index (χ3v) is 2.79. The lowest BCUT2D eigenvalue weighted by Crippen LogP contribution is -2.52. The van der Waals surface area contributed by atoms with Crippen molar-refractivity contribution in [2.45, 2.75) is 31.5 Å². The summed E-state index contributed by atoms with van der Waals surface area (Å²) in [5.41, 5.74) is 5.98. The first-order chi connectivity index (χ1) is 9.31. The van der Waals surface area contributed by atoms with Crippen LogP contribution < -0.4 is 11.1 Å². The van der Waals surface area contributed by atoms with Gasteiger partial charge in [-0.05, 0) is 24.6 Å². The highest BCUT2D eigenvalue weighted by Gasteiger charge is 2.25. The van der Waals surface area contributed by atoms with Gasteiger partial charge in [-0.25, -0.2) is 9.18 Å². The molecule has 1 amide bonds. The maximum Gasteiger partial charge on any atom is 0.326 e. The number of aliphatic carboxylic acids is 1. The Hall–Kier alpha value is -1.99. The van der Waals surface area contributed by atoms with Gasteiger partial charge in [0.05, 0.1) is 6.10 Å². The molecule has 110 valence electrons. The summed E-state index contributed by atoms with van der Waals surface area (Å²) in [5, 5.41) is 20.5. The number of hydrogen-bond donors (Lipinski definition) is 4. The number of carbonyl (C=O) groups is 2. The Morgan fingerprint density at radius 2 is 1.90 bits per heavy atom. The van der Waals surface area contributed by atoms with Crippen LogP contribution in [0, 0.1) is 5.82 Å². The molecule has 1 unspecified atom stereocenters. The summed E-state index contributed by atoms with van der Waals surface area (Å²) in [7, 11) is 0. The first-order valence-corrected chi connectivity index (χ1v) is 6.02. The topological polar surface area (TPSA) is 113 Å². The lowest BCUT2D eigenvalue weighted by molar-refractivity contribution is -0.142. The van der Waals surface area contributed by atoms with Crippen molar-refractivity contribution in [2.24, 2.45) is 5.73 Å². The second kappa shape index (κ2) is 6.97. The summed E-state index contributed by atoms with van der Waals surface area (Å²) in [4.78, 5) is 22.7. The van der Waals surface area contributed by atoms with E-state index in [0.29, 0.717) is 5.56 Å². The minimum atomic E-state index is -1.24. The van der Waals surface area contributed by atoms with Gasteiger partial charge in [0.15, 0.2) is 0 Å². The van der Waals surface area contributed by atoms with E-state index in [0.717, 1.165) is 0 Å². The third kappa shape index (κ3) is 4.60. The number of amides is 1. The molecular weight excluding hydrogens is 267 g/mol. The molecule has 0 aliphatic carbocycles. The smallest absolute Gasteiger partial charge is 0.326 e. The monoisotopic (exact) mass is 284 g/mol. The number of hydrogen-bond acceptors (Lipinski definition) is 4. The van der Waals surface area contributed by atoms with Crippen LogP contribution in [0.2, 0.25) is 0 Å². The third-order valence-electron chi connectivity index (χ3n) is 2.79. The first kappa shape index (κ1) is 16.1. The van der Waals surface area contributed by atoms with Crippen molar-refractivity contribution in [3.63, 3.8) is 0 Å². The molecule has 0 spiro atoms. The molecule has 6 nitrogen and oxygen atoms in total. The molecule has 0 saturated carbocycles. The molecule has 0 aliphatic heterocycles. The predicted molar refractivity (Wildman–Crippen MR) is 69.3 cm³/mol. The van der Waals surface area contributed by atoms with Crippen LogP contribution in [0.15, 0.2) is 24.3 Å². The quantitative estimate of drug-likeness (QED) is 0.570. The zero-order valence-electron chi connectivity index (χ0n) is 10.9. The fourth-order valence-electron chi connectivity index (χ4n) is 1.54. The number of aliphatic hydroxyl groups excluding tert-OH is 1. The highest BCUT2D eigenvalue weighted by molar-refractivity contribution is 5.87. The average Bonchev–Trinajstić information content (AvgIpc) is 2.39. The van der Waals surface area contributed by atoms with Gasteiger partial charge in [0.2, 0.25) is 5.91 Å². The van der Waals surface area contributed by atoms with Crippen molar-refractivity contribution in [1.82, 2.24) is 5.32 Å². The highest BCUT2D eigenvalue weighted by Crippen LogP contribution is 2.06. The van der Waals surface area contributed by atoms with Crippen LogP contribution in [0.1, 0.15) is 12.5 Å². The van der Waals surface area contributed by atoms with Crippen LogP contribution in [0.3, 0.4) is 0 Å². The number of aliphatic hydroxyl groups is 1. The fraction of sp³-hybridized carbons (Fsp3) is 0.385. The van der Waals surface area contributed by atoms with Gasteiger partial charge in [0.1, 0.15) is 17.9 Å². The largest absolute Gasteiger partial charge is 0.480 e. The van der Waals surface area contributed by atoms with E-state index in [4.69, 9.17) is 10.8 Å². The van der Waals surface area contributed by atoms with E-state index in [1.54, 1.807) is 0 Å². The fourth-order valence-corrected chi connectivity index (χ4v) is 1.54. The summed E-state index contributed by atoms with van der Waals surface area (Å²) in [6, 6.07) is 2.88. The van der Waals surface area contributed by atoms with Gasteiger partial charge in [-0.1, -0.05) is 12.1 Å². The lowest BCUT2D eigenvalue weighted by Gasteiger charge is -2.19. The van der Waals surface area contributed by atoms with E-state index in [1.165, 1.54) is 31.2 Å². The Balaban J connectivity index is 2.72. The predicted octanol–water partition coefficient (Wildman–Crippen LogP) is -0.354. The SMILES string of the molecule is C[C@@H](O)C(N)C(=O)N[C@H](Cc1ccc(F)cc1)C(=O)O. The minimum absolute atomic E-state index is 0.00607. The van der Waals surface area contributed by atoms with Gasteiger partial charge in [-0.2, -0.15) is 0 Å². The summed E-state index contributed by atoms with van der Waals surface area (Å²) in [6.07, 6.45) is -1.09. The standard InChI is InChI=1S/C13H17FN2O4/c1-7(17)11(15)12(18)16-10(13(19)20)6-8-2-4-9(14)5-3-8/h2-5,7,10-11,17H,6,15H2,1H3,(H,16,18)(H,19,20)/t7-,10-,11?/m1/s1. The first-order valence-electron chi connectivity index (χ1n) is 6.02. The van der Waals surface area contributed by atoms with Crippen molar-refractivity contribution in [3.05, 3.63) is 35.6 Å². The van der Waals surface area contributed by atoms with Gasteiger partial charge in [0, 0.05) is 6.42 Å². The normalized spacial score (nSPS) is 15.2. The molecule has 0 heterocycles. The van der Waals surface area contributed by atoms with Crippen LogP contribution in [0.5, 0.6) is 0 Å². The second-order valence-corrected chi connectivity index (χ2v) is 4.50. The molecule has 3 atom stereocenters. The number of carboxylic acid groups (broad SMARTS) is 1. The summed E-state index contributed by atoms with van der Waals surface area (Å²) < 4.78 is 12.8. The number of carbonyl (C=O) groups excluding carboxylic acids is 1. The molecule has 1 aromatic rings. The molecule has 0 saturated heterocycles. The van der Waals surface area contributed by atoms with Crippen LogP contribution in [0.25, 0.3) is 0 Å². The van der Waals surface area contributed by atoms with Crippen molar-refractivity contribution >= 4 is 11.9 Å². The number of carboxylic acids is 1. The van der Waals surface area contributed by atoms with E-state index >= 15 is 0 Å². The molecule has 0 fully saturated rings. The maximum absolute atomic E-state index is 12.8. The zero-order chi connectivity index (χ0) is 15.3. The Labute approximate surface area is 115 Å². The molecule has 5 N–H and O–H groups in total. The molecule has 7 heteroatoms. The molecule has 1 aromatic carbocycles. The van der Waals surface area contributed by atoms with E-state index in [9.17, 15) is 19.1 Å². The van der Waals surface area contributed by atoms with Crippen molar-refractivity contribution in [1.29, 1.82) is 0 Å². The van der Waals surface area contributed by atoms with Crippen LogP contribution in [-0.2, 0) is 16.0 Å². The Morgan fingerprint density at radius 1 is 1.35 bits per heavy atom. The average molecular weight is 284 g/mol. The Morgan fingerprint density at radius 3 is 2.35 bits per heavy atom. The molecular formula is C13H17FN2O4. The second-order valence-electron chi connectivity index (χ2n) is 4.50. The number of rotatable bonds is 6. The molecule has 0 aliphatic rings. The summed E-state index contributed by atoms with van der Waals surface area (Å²) >= 11 is 0. The van der Waals surface area contributed by atoms with E-state index < -0.39 is 35.9 Å². The van der Waals surface area contributed by atoms with Crippen molar-refractivity contribution in [2.75, 3.05) is 0 Å².